The number of nitrogens with zero attached hydrogens (tertiary/aromatic N) is 2. The SMILES string of the molecule is COc1ccc2nccc(C(=O)CC[C@H]3CCN(CCSC4CC4)C[C@H]3C(=O)O)c2c1. The van der Waals surface area contributed by atoms with Gasteiger partial charge in [0.1, 0.15) is 5.75 Å². The largest absolute Gasteiger partial charge is 0.497 e. The number of aromatic nitrogens is 1. The normalized spacial score (nSPS) is 21.8. The van der Waals surface area contributed by atoms with Gasteiger partial charge >= 0.3 is 5.97 Å². The molecule has 2 fully saturated rings. The number of ether oxygens (including phenoxy) is 1. The van der Waals surface area contributed by atoms with Crippen LogP contribution in [0.2, 0.25) is 0 Å². The van der Waals surface area contributed by atoms with Gasteiger partial charge in [0.15, 0.2) is 5.78 Å². The summed E-state index contributed by atoms with van der Waals surface area (Å²) in [5.41, 5.74) is 1.39. The molecular formula is C24H30N2O4S. The highest BCUT2D eigenvalue weighted by atomic mass is 32.2. The van der Waals surface area contributed by atoms with Crippen molar-refractivity contribution in [3.05, 3.63) is 36.0 Å². The van der Waals surface area contributed by atoms with Crippen molar-refractivity contribution in [1.29, 1.82) is 0 Å². The number of carboxylic acids is 1. The molecule has 2 heterocycles. The van der Waals surface area contributed by atoms with Crippen LogP contribution in [0.4, 0.5) is 0 Å². The lowest BCUT2D eigenvalue weighted by Crippen LogP contribution is -2.44. The first-order chi connectivity index (χ1) is 15.0. The summed E-state index contributed by atoms with van der Waals surface area (Å²) in [6.07, 6.45) is 6.11. The highest BCUT2D eigenvalue weighted by Gasteiger charge is 2.34. The molecule has 2 aliphatic rings. The zero-order valence-electron chi connectivity index (χ0n) is 18.0. The Morgan fingerprint density at radius 2 is 2.10 bits per heavy atom. The van der Waals surface area contributed by atoms with Crippen molar-refractivity contribution < 1.29 is 19.4 Å². The Balaban J connectivity index is 1.37. The standard InChI is InChI=1S/C24H30N2O4S/c1-30-17-3-6-22-20(14-17)19(8-10-25-22)23(27)7-2-16-9-11-26(15-21(16)24(28)29)12-13-31-18-4-5-18/h3,6,8,10,14,16,18,21H,2,4-5,7,9,11-13,15H2,1H3,(H,28,29)/t16-,21+/m0/s1. The fourth-order valence-corrected chi connectivity index (χ4v) is 5.59. The first kappa shape index (κ1) is 22.1. The topological polar surface area (TPSA) is 79.7 Å². The minimum atomic E-state index is -0.740. The summed E-state index contributed by atoms with van der Waals surface area (Å²) in [5, 5.41) is 11.4. The van der Waals surface area contributed by atoms with Crippen molar-refractivity contribution in [1.82, 2.24) is 9.88 Å². The van der Waals surface area contributed by atoms with E-state index in [4.69, 9.17) is 4.74 Å². The number of thioether (sulfide) groups is 1. The van der Waals surface area contributed by atoms with E-state index in [-0.39, 0.29) is 11.7 Å². The second-order valence-electron chi connectivity index (χ2n) is 8.57. The van der Waals surface area contributed by atoms with Crippen LogP contribution in [0.15, 0.2) is 30.5 Å². The number of pyridine rings is 1. The Morgan fingerprint density at radius 1 is 1.26 bits per heavy atom. The van der Waals surface area contributed by atoms with Gasteiger partial charge in [-0.25, -0.2) is 0 Å². The maximum Gasteiger partial charge on any atom is 0.308 e. The minimum Gasteiger partial charge on any atom is -0.497 e. The van der Waals surface area contributed by atoms with Crippen LogP contribution in [0.3, 0.4) is 0 Å². The number of piperidine rings is 1. The van der Waals surface area contributed by atoms with Gasteiger partial charge in [-0.1, -0.05) is 0 Å². The molecular weight excluding hydrogens is 412 g/mol. The van der Waals surface area contributed by atoms with E-state index < -0.39 is 11.9 Å². The predicted octanol–water partition coefficient (Wildman–Crippen LogP) is 4.12. The van der Waals surface area contributed by atoms with E-state index in [2.05, 4.69) is 9.88 Å². The van der Waals surface area contributed by atoms with E-state index >= 15 is 0 Å². The smallest absolute Gasteiger partial charge is 0.308 e. The Hall–Kier alpha value is -2.12. The molecule has 1 aliphatic heterocycles. The van der Waals surface area contributed by atoms with E-state index in [0.717, 1.165) is 41.4 Å². The molecule has 1 N–H and O–H groups in total. The molecule has 0 bridgehead atoms. The Labute approximate surface area is 187 Å². The average Bonchev–Trinajstić information content (AvgIpc) is 3.61. The van der Waals surface area contributed by atoms with Gasteiger partial charge < -0.3 is 14.7 Å². The average molecular weight is 443 g/mol. The highest BCUT2D eigenvalue weighted by Crippen LogP contribution is 2.34. The number of ketones is 1. The Bertz CT molecular complexity index is 946. The van der Waals surface area contributed by atoms with E-state index in [0.29, 0.717) is 30.7 Å². The van der Waals surface area contributed by atoms with Crippen LogP contribution in [-0.2, 0) is 4.79 Å². The molecule has 1 saturated heterocycles. The van der Waals surface area contributed by atoms with Gasteiger partial charge in [-0.05, 0) is 62.4 Å². The highest BCUT2D eigenvalue weighted by molar-refractivity contribution is 8.00. The maximum atomic E-state index is 13.0. The third kappa shape index (κ3) is 5.57. The third-order valence-corrected chi connectivity index (χ3v) is 7.80. The molecule has 1 aliphatic carbocycles. The van der Waals surface area contributed by atoms with Crippen molar-refractivity contribution in [2.75, 3.05) is 32.5 Å². The molecule has 1 aromatic heterocycles. The lowest BCUT2D eigenvalue weighted by Gasteiger charge is -2.36. The summed E-state index contributed by atoms with van der Waals surface area (Å²) in [6.45, 7) is 2.47. The predicted molar refractivity (Wildman–Crippen MR) is 123 cm³/mol. The fraction of sp³-hybridized carbons (Fsp3) is 0.542. The van der Waals surface area contributed by atoms with Crippen molar-refractivity contribution >= 4 is 34.4 Å². The molecule has 0 spiro atoms. The summed E-state index contributed by atoms with van der Waals surface area (Å²) < 4.78 is 5.30. The molecule has 7 heteroatoms. The van der Waals surface area contributed by atoms with Crippen LogP contribution in [0.25, 0.3) is 10.9 Å². The molecule has 0 unspecified atom stereocenters. The van der Waals surface area contributed by atoms with Crippen molar-refractivity contribution in [3.8, 4) is 5.75 Å². The number of carboxylic acid groups (broad SMARTS) is 1. The molecule has 31 heavy (non-hydrogen) atoms. The molecule has 6 nitrogen and oxygen atoms in total. The van der Waals surface area contributed by atoms with Gasteiger partial charge in [-0.15, -0.1) is 0 Å². The van der Waals surface area contributed by atoms with Crippen LogP contribution in [-0.4, -0.2) is 64.5 Å². The monoisotopic (exact) mass is 442 g/mol. The van der Waals surface area contributed by atoms with Crippen LogP contribution in [0, 0.1) is 11.8 Å². The molecule has 166 valence electrons. The van der Waals surface area contributed by atoms with Crippen LogP contribution in [0.5, 0.6) is 5.75 Å². The number of carbonyl (C=O) groups is 2. The van der Waals surface area contributed by atoms with Crippen LogP contribution < -0.4 is 4.74 Å². The van der Waals surface area contributed by atoms with Gasteiger partial charge in [0.05, 0.1) is 18.5 Å². The Kier molecular flexibility index (Phi) is 7.13. The van der Waals surface area contributed by atoms with Crippen molar-refractivity contribution in [2.45, 2.75) is 37.4 Å². The molecule has 2 atom stereocenters. The summed E-state index contributed by atoms with van der Waals surface area (Å²) in [4.78, 5) is 31.6. The van der Waals surface area contributed by atoms with Gasteiger partial charge in [-0.2, -0.15) is 11.8 Å². The quantitative estimate of drug-likeness (QED) is 0.554. The maximum absolute atomic E-state index is 13.0. The number of aliphatic carboxylic acids is 1. The number of Topliss-reactive ketones (excluding diaryl/α,β-unsaturated/α-hetero) is 1. The summed E-state index contributed by atoms with van der Waals surface area (Å²) in [7, 11) is 1.60. The molecule has 4 rings (SSSR count). The minimum absolute atomic E-state index is 0.0352. The molecule has 2 aromatic rings. The third-order valence-electron chi connectivity index (χ3n) is 6.43. The number of hydrogen-bond donors (Lipinski definition) is 1. The molecule has 0 radical (unpaired) electrons. The fourth-order valence-electron chi connectivity index (χ4n) is 4.43. The number of carbonyl (C=O) groups excluding carboxylic acids is 1. The molecule has 1 aromatic carbocycles. The Morgan fingerprint density at radius 3 is 2.84 bits per heavy atom. The van der Waals surface area contributed by atoms with E-state index in [1.54, 1.807) is 19.4 Å². The van der Waals surface area contributed by atoms with E-state index in [1.165, 1.54) is 12.8 Å². The lowest BCUT2D eigenvalue weighted by atomic mass is 9.81. The van der Waals surface area contributed by atoms with Crippen LogP contribution >= 0.6 is 11.8 Å². The lowest BCUT2D eigenvalue weighted by molar-refractivity contribution is -0.146. The summed E-state index contributed by atoms with van der Waals surface area (Å²) in [6, 6.07) is 7.27. The van der Waals surface area contributed by atoms with Gasteiger partial charge in [0.25, 0.3) is 0 Å². The number of likely N-dealkylation sites (tertiary alicyclic amines) is 1. The van der Waals surface area contributed by atoms with Crippen LogP contribution in [0.1, 0.15) is 42.5 Å². The van der Waals surface area contributed by atoms with Gasteiger partial charge in [-0.3, -0.25) is 14.6 Å². The van der Waals surface area contributed by atoms with Gasteiger partial charge in [0.2, 0.25) is 0 Å². The van der Waals surface area contributed by atoms with E-state index in [1.807, 2.05) is 30.0 Å². The van der Waals surface area contributed by atoms with Gasteiger partial charge in [0, 0.05) is 47.7 Å². The summed E-state index contributed by atoms with van der Waals surface area (Å²) >= 11 is 2.01. The number of rotatable bonds is 10. The van der Waals surface area contributed by atoms with E-state index in [9.17, 15) is 14.7 Å². The zero-order valence-corrected chi connectivity index (χ0v) is 18.8. The molecule has 0 amide bonds. The van der Waals surface area contributed by atoms with Crippen molar-refractivity contribution in [2.24, 2.45) is 11.8 Å². The first-order valence-corrected chi connectivity index (χ1v) is 12.1. The number of methoxy groups -OCH3 is 1. The zero-order chi connectivity index (χ0) is 21.8. The molecule has 1 saturated carbocycles. The first-order valence-electron chi connectivity index (χ1n) is 11.1. The number of fused-ring (bicyclic) bond motifs is 1. The number of hydrogen-bond acceptors (Lipinski definition) is 6. The van der Waals surface area contributed by atoms with Crippen molar-refractivity contribution in [3.63, 3.8) is 0 Å². The second-order valence-corrected chi connectivity index (χ2v) is 9.98. The number of benzene rings is 1. The summed E-state index contributed by atoms with van der Waals surface area (Å²) in [5.74, 6) is 0.702. The second kappa shape index (κ2) is 10.0.